The van der Waals surface area contributed by atoms with Crippen LogP contribution in [0.15, 0.2) is 18.2 Å². The zero-order valence-electron chi connectivity index (χ0n) is 13.5. The van der Waals surface area contributed by atoms with Gasteiger partial charge >= 0.3 is 6.18 Å². The summed E-state index contributed by atoms with van der Waals surface area (Å²) in [7, 11) is 0. The van der Waals surface area contributed by atoms with Crippen molar-refractivity contribution in [3.63, 3.8) is 0 Å². The van der Waals surface area contributed by atoms with E-state index in [4.69, 9.17) is 0 Å². The molecule has 2 atom stereocenters. The number of nitro benzene ring substituents is 1. The van der Waals surface area contributed by atoms with Crippen molar-refractivity contribution in [2.45, 2.75) is 32.2 Å². The highest BCUT2D eigenvalue weighted by Gasteiger charge is 2.35. The quantitative estimate of drug-likeness (QED) is 0.669. The van der Waals surface area contributed by atoms with E-state index in [0.29, 0.717) is 32.2 Å². The molecular weight excluding hydrogens is 327 g/mol. The average Bonchev–Trinajstić information content (AvgIpc) is 2.45. The van der Waals surface area contributed by atoms with Gasteiger partial charge in [0.05, 0.1) is 16.6 Å². The average molecular weight is 347 g/mol. The van der Waals surface area contributed by atoms with Gasteiger partial charge in [-0.15, -0.1) is 0 Å². The number of benzene rings is 1. The van der Waals surface area contributed by atoms with Crippen molar-refractivity contribution in [1.82, 2.24) is 4.90 Å². The molecule has 0 aliphatic carbocycles. The molecule has 6 nitrogen and oxygen atoms in total. The molecule has 0 spiro atoms. The van der Waals surface area contributed by atoms with E-state index >= 15 is 0 Å². The molecule has 0 amide bonds. The number of alkyl halides is 3. The minimum atomic E-state index is -4.62. The first-order valence-corrected chi connectivity index (χ1v) is 7.62. The third kappa shape index (κ3) is 4.15. The lowest BCUT2D eigenvalue weighted by Gasteiger charge is -2.41. The van der Waals surface area contributed by atoms with Gasteiger partial charge in [-0.3, -0.25) is 15.0 Å². The molecule has 2 rings (SSSR count). The highest BCUT2D eigenvalue weighted by Crippen LogP contribution is 2.37. The Labute approximate surface area is 137 Å². The second-order valence-corrected chi connectivity index (χ2v) is 6.11. The summed E-state index contributed by atoms with van der Waals surface area (Å²) < 4.78 is 38.4. The maximum Gasteiger partial charge on any atom is 0.416 e. The highest BCUT2D eigenvalue weighted by atomic mass is 19.4. The van der Waals surface area contributed by atoms with Gasteiger partial charge in [0.2, 0.25) is 0 Å². The molecule has 1 fully saturated rings. The molecule has 24 heavy (non-hydrogen) atoms. The van der Waals surface area contributed by atoms with Crippen LogP contribution in [0.4, 0.5) is 24.5 Å². The van der Waals surface area contributed by atoms with Crippen LogP contribution >= 0.6 is 0 Å². The molecule has 0 saturated carbocycles. The monoisotopic (exact) mass is 347 g/mol. The number of hydrogen-bond donors (Lipinski definition) is 1. The number of hydrogen-bond acceptors (Lipinski definition) is 5. The second-order valence-electron chi connectivity index (χ2n) is 6.11. The smallest absolute Gasteiger partial charge is 0.392 e. The van der Waals surface area contributed by atoms with Crippen LogP contribution in [0.25, 0.3) is 0 Å². The predicted octanol–water partition coefficient (Wildman–Crippen LogP) is 2.50. The minimum Gasteiger partial charge on any atom is -0.392 e. The van der Waals surface area contributed by atoms with E-state index in [9.17, 15) is 28.4 Å². The van der Waals surface area contributed by atoms with Crippen LogP contribution in [0.2, 0.25) is 0 Å². The maximum absolute atomic E-state index is 12.8. The summed E-state index contributed by atoms with van der Waals surface area (Å²) in [5.41, 5.74) is -1.38. The third-order valence-electron chi connectivity index (χ3n) is 4.04. The number of piperazine rings is 1. The van der Waals surface area contributed by atoms with Gasteiger partial charge in [-0.25, -0.2) is 0 Å². The number of aliphatic hydroxyl groups excluding tert-OH is 1. The Hall–Kier alpha value is -1.87. The molecule has 1 aromatic carbocycles. The first-order chi connectivity index (χ1) is 11.1. The Balaban J connectivity index is 2.27. The lowest BCUT2D eigenvalue weighted by molar-refractivity contribution is -0.384. The molecule has 1 saturated heterocycles. The van der Waals surface area contributed by atoms with E-state index in [1.807, 2.05) is 11.8 Å². The summed E-state index contributed by atoms with van der Waals surface area (Å²) in [6.07, 6.45) is -5.10. The molecule has 1 aliphatic rings. The Kier molecular flexibility index (Phi) is 5.34. The predicted molar refractivity (Wildman–Crippen MR) is 83.0 cm³/mol. The summed E-state index contributed by atoms with van der Waals surface area (Å²) in [6.45, 7) is 5.62. The fraction of sp³-hybridized carbons (Fsp3) is 0.600. The number of rotatable bonds is 4. The van der Waals surface area contributed by atoms with Crippen molar-refractivity contribution in [2.75, 3.05) is 31.1 Å². The van der Waals surface area contributed by atoms with Crippen molar-refractivity contribution >= 4 is 11.4 Å². The van der Waals surface area contributed by atoms with Gasteiger partial charge in [0.25, 0.3) is 5.69 Å². The lowest BCUT2D eigenvalue weighted by Crippen LogP contribution is -2.53. The number of nitro groups is 1. The van der Waals surface area contributed by atoms with Crippen LogP contribution in [-0.4, -0.2) is 53.3 Å². The Morgan fingerprint density at radius 3 is 2.58 bits per heavy atom. The lowest BCUT2D eigenvalue weighted by atomic mass is 10.1. The van der Waals surface area contributed by atoms with Gasteiger partial charge in [-0.05, 0) is 26.0 Å². The van der Waals surface area contributed by atoms with Crippen molar-refractivity contribution in [3.05, 3.63) is 33.9 Å². The normalized spacial score (nSPS) is 20.9. The number of anilines is 1. The van der Waals surface area contributed by atoms with Crippen LogP contribution in [0.5, 0.6) is 0 Å². The van der Waals surface area contributed by atoms with Crippen molar-refractivity contribution < 1.29 is 23.2 Å². The molecule has 1 heterocycles. The second kappa shape index (κ2) is 6.94. The van der Waals surface area contributed by atoms with E-state index in [1.54, 1.807) is 11.8 Å². The molecule has 0 aromatic heterocycles. The van der Waals surface area contributed by atoms with E-state index in [2.05, 4.69) is 0 Å². The largest absolute Gasteiger partial charge is 0.416 e. The molecule has 2 unspecified atom stereocenters. The summed E-state index contributed by atoms with van der Waals surface area (Å²) in [6, 6.07) is 2.51. The van der Waals surface area contributed by atoms with Crippen LogP contribution in [-0.2, 0) is 6.18 Å². The first kappa shape index (κ1) is 18.5. The third-order valence-corrected chi connectivity index (χ3v) is 4.04. The standard InChI is InChI=1S/C15H20F3N3O3/c1-10-8-19(9-11(2)22)5-6-20(10)13-4-3-12(15(16,17)18)7-14(13)21(23)24/h3-4,7,10-11,22H,5-6,8-9H2,1-2H3. The summed E-state index contributed by atoms with van der Waals surface area (Å²) >= 11 is 0. The topological polar surface area (TPSA) is 69.8 Å². The SMILES string of the molecule is CC(O)CN1CCN(c2ccc(C(F)(F)F)cc2[N+](=O)[O-])C(C)C1. The van der Waals surface area contributed by atoms with Gasteiger partial charge in [-0.2, -0.15) is 13.2 Å². The Morgan fingerprint density at radius 1 is 1.42 bits per heavy atom. The summed E-state index contributed by atoms with van der Waals surface area (Å²) in [4.78, 5) is 14.2. The number of halogens is 3. The van der Waals surface area contributed by atoms with Crippen molar-refractivity contribution in [2.24, 2.45) is 0 Å². The van der Waals surface area contributed by atoms with Crippen molar-refractivity contribution in [3.8, 4) is 0 Å². The van der Waals surface area contributed by atoms with Crippen LogP contribution in [0.3, 0.4) is 0 Å². The van der Waals surface area contributed by atoms with Crippen LogP contribution in [0, 0.1) is 10.1 Å². The molecule has 1 aromatic rings. The number of β-amino-alcohol motifs (C(OH)–C–C–N with tert-alkyl or cyclic N) is 1. The Bertz CT molecular complexity index is 607. The highest BCUT2D eigenvalue weighted by molar-refractivity contribution is 5.65. The van der Waals surface area contributed by atoms with Crippen LogP contribution < -0.4 is 4.90 Å². The molecule has 0 radical (unpaired) electrons. The Morgan fingerprint density at radius 2 is 2.08 bits per heavy atom. The van der Waals surface area contributed by atoms with E-state index in [1.165, 1.54) is 6.07 Å². The molecular formula is C15H20F3N3O3. The van der Waals surface area contributed by atoms with E-state index in [-0.39, 0.29) is 11.7 Å². The number of nitrogens with zero attached hydrogens (tertiary/aromatic N) is 3. The van der Waals surface area contributed by atoms with E-state index in [0.717, 1.165) is 6.07 Å². The van der Waals surface area contributed by atoms with Gasteiger partial charge in [-0.1, -0.05) is 0 Å². The van der Waals surface area contributed by atoms with Crippen LogP contribution in [0.1, 0.15) is 19.4 Å². The van der Waals surface area contributed by atoms with Crippen molar-refractivity contribution in [1.29, 1.82) is 0 Å². The maximum atomic E-state index is 12.8. The fourth-order valence-electron chi connectivity index (χ4n) is 3.02. The van der Waals surface area contributed by atoms with Gasteiger partial charge in [0.1, 0.15) is 5.69 Å². The fourth-order valence-corrected chi connectivity index (χ4v) is 3.02. The summed E-state index contributed by atoms with van der Waals surface area (Å²) in [5, 5.41) is 20.7. The molecule has 1 N–H and O–H groups in total. The first-order valence-electron chi connectivity index (χ1n) is 7.62. The zero-order valence-corrected chi connectivity index (χ0v) is 13.5. The zero-order chi connectivity index (χ0) is 18.1. The molecule has 0 bridgehead atoms. The molecule has 1 aliphatic heterocycles. The van der Waals surface area contributed by atoms with E-state index < -0.39 is 28.5 Å². The van der Waals surface area contributed by atoms with Gasteiger partial charge < -0.3 is 10.0 Å². The van der Waals surface area contributed by atoms with Gasteiger partial charge in [0.15, 0.2) is 0 Å². The van der Waals surface area contributed by atoms with Gasteiger partial charge in [0, 0.05) is 38.3 Å². The number of aliphatic hydroxyl groups is 1. The summed E-state index contributed by atoms with van der Waals surface area (Å²) in [5.74, 6) is 0. The minimum absolute atomic E-state index is 0.118. The molecule has 9 heteroatoms. The molecule has 134 valence electrons.